The van der Waals surface area contributed by atoms with E-state index in [-0.39, 0.29) is 24.5 Å². The highest BCUT2D eigenvalue weighted by atomic mass is 16.5. The molecular weight excluding hydrogens is 418 g/mol. The Morgan fingerprint density at radius 3 is 2.36 bits per heavy atom. The van der Waals surface area contributed by atoms with E-state index < -0.39 is 0 Å². The van der Waals surface area contributed by atoms with Crippen LogP contribution < -0.4 is 15.4 Å². The Bertz CT molecular complexity index is 916. The van der Waals surface area contributed by atoms with Gasteiger partial charge in [0.2, 0.25) is 5.91 Å². The second kappa shape index (κ2) is 11.2. The maximum atomic E-state index is 12.6. The standard InChI is InChI=1S/C26H33N3O4/c1-19-12-14-29(15-13-19)26(31)20-4-6-21(7-5-20)27-17-25(30)28-22-8-10-23(11-9-22)33-18-24-3-2-16-32-24/h4-11,19,24,27H,2-3,12-18H2,1H3,(H,28,30). The van der Waals surface area contributed by atoms with Gasteiger partial charge in [-0.2, -0.15) is 0 Å². The van der Waals surface area contributed by atoms with Crippen LogP contribution in [0.2, 0.25) is 0 Å². The molecule has 2 saturated heterocycles. The lowest BCUT2D eigenvalue weighted by atomic mass is 9.98. The van der Waals surface area contributed by atoms with Gasteiger partial charge in [0, 0.05) is 36.6 Å². The van der Waals surface area contributed by atoms with Crippen LogP contribution in [0.4, 0.5) is 11.4 Å². The number of hydrogen-bond acceptors (Lipinski definition) is 5. The molecular formula is C26H33N3O4. The van der Waals surface area contributed by atoms with Crippen LogP contribution in [-0.4, -0.2) is 55.7 Å². The van der Waals surface area contributed by atoms with Crippen molar-refractivity contribution in [3.8, 4) is 5.75 Å². The lowest BCUT2D eigenvalue weighted by Crippen LogP contribution is -2.37. The van der Waals surface area contributed by atoms with Gasteiger partial charge in [0.25, 0.3) is 5.91 Å². The molecule has 2 heterocycles. The highest BCUT2D eigenvalue weighted by Gasteiger charge is 2.21. The van der Waals surface area contributed by atoms with Crippen LogP contribution in [0.5, 0.6) is 5.75 Å². The molecule has 2 aliphatic heterocycles. The van der Waals surface area contributed by atoms with Crippen LogP contribution in [0.15, 0.2) is 48.5 Å². The van der Waals surface area contributed by atoms with Crippen molar-refractivity contribution in [1.82, 2.24) is 4.90 Å². The van der Waals surface area contributed by atoms with Gasteiger partial charge in [-0.05, 0) is 80.1 Å². The first-order chi connectivity index (χ1) is 16.1. The molecule has 33 heavy (non-hydrogen) atoms. The van der Waals surface area contributed by atoms with E-state index in [1.165, 1.54) is 0 Å². The fourth-order valence-corrected chi connectivity index (χ4v) is 4.11. The highest BCUT2D eigenvalue weighted by molar-refractivity contribution is 5.95. The van der Waals surface area contributed by atoms with Crippen molar-refractivity contribution in [2.45, 2.75) is 38.7 Å². The average Bonchev–Trinajstić information content (AvgIpc) is 3.36. The van der Waals surface area contributed by atoms with Crippen LogP contribution in [-0.2, 0) is 9.53 Å². The predicted molar refractivity (Wildman–Crippen MR) is 129 cm³/mol. The quantitative estimate of drug-likeness (QED) is 0.630. The Kier molecular flexibility index (Phi) is 7.83. The molecule has 0 radical (unpaired) electrons. The first-order valence-electron chi connectivity index (χ1n) is 11.8. The van der Waals surface area contributed by atoms with Gasteiger partial charge in [-0.15, -0.1) is 0 Å². The van der Waals surface area contributed by atoms with Crippen LogP contribution in [0.3, 0.4) is 0 Å². The number of rotatable bonds is 8. The third kappa shape index (κ3) is 6.71. The number of ether oxygens (including phenoxy) is 2. The van der Waals surface area contributed by atoms with E-state index in [2.05, 4.69) is 17.6 Å². The van der Waals surface area contributed by atoms with Gasteiger partial charge in [0.1, 0.15) is 12.4 Å². The van der Waals surface area contributed by atoms with Crippen LogP contribution in [0, 0.1) is 5.92 Å². The molecule has 2 aliphatic rings. The second-order valence-corrected chi connectivity index (χ2v) is 8.92. The minimum Gasteiger partial charge on any atom is -0.491 e. The SMILES string of the molecule is CC1CCN(C(=O)c2ccc(NCC(=O)Nc3ccc(OCC4CCCO4)cc3)cc2)CC1. The summed E-state index contributed by atoms with van der Waals surface area (Å²) < 4.78 is 11.3. The zero-order valence-electron chi connectivity index (χ0n) is 19.2. The molecule has 4 rings (SSSR count). The number of hydrogen-bond donors (Lipinski definition) is 2. The maximum absolute atomic E-state index is 12.6. The molecule has 0 aromatic heterocycles. The summed E-state index contributed by atoms with van der Waals surface area (Å²) >= 11 is 0. The van der Waals surface area contributed by atoms with Crippen molar-refractivity contribution >= 4 is 23.2 Å². The fourth-order valence-electron chi connectivity index (χ4n) is 4.11. The first-order valence-corrected chi connectivity index (χ1v) is 11.8. The van der Waals surface area contributed by atoms with Crippen LogP contribution in [0.25, 0.3) is 0 Å². The van der Waals surface area contributed by atoms with E-state index in [0.717, 1.165) is 56.8 Å². The molecule has 176 valence electrons. The van der Waals surface area contributed by atoms with E-state index >= 15 is 0 Å². The monoisotopic (exact) mass is 451 g/mol. The van der Waals surface area contributed by atoms with E-state index in [0.29, 0.717) is 23.8 Å². The minimum atomic E-state index is -0.148. The summed E-state index contributed by atoms with van der Waals surface area (Å²) in [6.45, 7) is 5.37. The van der Waals surface area contributed by atoms with Crippen molar-refractivity contribution in [3.05, 3.63) is 54.1 Å². The Morgan fingerprint density at radius 2 is 1.70 bits per heavy atom. The Hall–Kier alpha value is -3.06. The molecule has 2 amide bonds. The molecule has 7 nitrogen and oxygen atoms in total. The van der Waals surface area contributed by atoms with Crippen molar-refractivity contribution in [2.75, 3.05) is 43.5 Å². The molecule has 2 aromatic rings. The summed E-state index contributed by atoms with van der Waals surface area (Å²) in [4.78, 5) is 26.9. The Labute approximate surface area is 195 Å². The smallest absolute Gasteiger partial charge is 0.253 e. The lowest BCUT2D eigenvalue weighted by molar-refractivity contribution is -0.114. The molecule has 2 aromatic carbocycles. The maximum Gasteiger partial charge on any atom is 0.253 e. The zero-order valence-corrected chi connectivity index (χ0v) is 19.2. The number of amides is 2. The number of nitrogens with zero attached hydrogens (tertiary/aromatic N) is 1. The van der Waals surface area contributed by atoms with Gasteiger partial charge in [0.15, 0.2) is 0 Å². The molecule has 2 fully saturated rings. The van der Waals surface area contributed by atoms with Gasteiger partial charge >= 0.3 is 0 Å². The van der Waals surface area contributed by atoms with Gasteiger partial charge < -0.3 is 25.0 Å². The van der Waals surface area contributed by atoms with E-state index in [9.17, 15) is 9.59 Å². The number of carbonyl (C=O) groups excluding carboxylic acids is 2. The number of likely N-dealkylation sites (tertiary alicyclic amines) is 1. The summed E-state index contributed by atoms with van der Waals surface area (Å²) in [6, 6.07) is 14.6. The summed E-state index contributed by atoms with van der Waals surface area (Å²) in [5, 5.41) is 5.97. The molecule has 0 saturated carbocycles. The number of benzene rings is 2. The van der Waals surface area contributed by atoms with Crippen molar-refractivity contribution < 1.29 is 19.1 Å². The highest BCUT2D eigenvalue weighted by Crippen LogP contribution is 2.20. The van der Waals surface area contributed by atoms with E-state index in [1.54, 1.807) is 0 Å². The Balaban J connectivity index is 1.19. The normalized spacial score (nSPS) is 18.7. The molecule has 0 aliphatic carbocycles. The third-order valence-electron chi connectivity index (χ3n) is 6.25. The summed E-state index contributed by atoms with van der Waals surface area (Å²) in [7, 11) is 0. The number of carbonyl (C=O) groups is 2. The minimum absolute atomic E-state index is 0.0781. The second-order valence-electron chi connectivity index (χ2n) is 8.92. The molecule has 0 bridgehead atoms. The van der Waals surface area contributed by atoms with E-state index in [1.807, 2.05) is 53.4 Å². The molecule has 1 atom stereocenters. The number of anilines is 2. The van der Waals surface area contributed by atoms with Gasteiger partial charge in [-0.3, -0.25) is 9.59 Å². The summed E-state index contributed by atoms with van der Waals surface area (Å²) in [5.41, 5.74) is 2.19. The Morgan fingerprint density at radius 1 is 1.00 bits per heavy atom. The first kappa shape index (κ1) is 23.1. The lowest BCUT2D eigenvalue weighted by Gasteiger charge is -2.30. The largest absolute Gasteiger partial charge is 0.491 e. The van der Waals surface area contributed by atoms with Gasteiger partial charge in [-0.25, -0.2) is 0 Å². The summed E-state index contributed by atoms with van der Waals surface area (Å²) in [5.74, 6) is 1.38. The van der Waals surface area contributed by atoms with Crippen LogP contribution in [0.1, 0.15) is 43.0 Å². The fraction of sp³-hybridized carbons (Fsp3) is 0.462. The predicted octanol–water partition coefficient (Wildman–Crippen LogP) is 4.17. The topological polar surface area (TPSA) is 79.9 Å². The molecule has 0 spiro atoms. The van der Waals surface area contributed by atoms with Crippen molar-refractivity contribution in [3.63, 3.8) is 0 Å². The van der Waals surface area contributed by atoms with Crippen molar-refractivity contribution in [2.24, 2.45) is 5.92 Å². The van der Waals surface area contributed by atoms with Gasteiger partial charge in [0.05, 0.1) is 12.6 Å². The molecule has 7 heteroatoms. The van der Waals surface area contributed by atoms with Gasteiger partial charge in [-0.1, -0.05) is 6.92 Å². The molecule has 1 unspecified atom stereocenters. The molecule has 2 N–H and O–H groups in total. The third-order valence-corrected chi connectivity index (χ3v) is 6.25. The van der Waals surface area contributed by atoms with E-state index in [4.69, 9.17) is 9.47 Å². The number of piperidine rings is 1. The van der Waals surface area contributed by atoms with Crippen molar-refractivity contribution in [1.29, 1.82) is 0 Å². The van der Waals surface area contributed by atoms with Crippen LogP contribution >= 0.6 is 0 Å². The number of nitrogens with one attached hydrogen (secondary N) is 2. The summed E-state index contributed by atoms with van der Waals surface area (Å²) in [6.07, 6.45) is 4.43. The zero-order chi connectivity index (χ0) is 23.0. The average molecular weight is 452 g/mol.